The highest BCUT2D eigenvalue weighted by atomic mass is 32.2. The SMILES string of the molecule is CNCCCNC(=O)c1cccc(S(=O)(=O)N2CCNC(=O)C2)c1. The molecule has 0 radical (unpaired) electrons. The fraction of sp³-hybridized carbons (Fsp3) is 0.467. The lowest BCUT2D eigenvalue weighted by Gasteiger charge is -2.26. The second-order valence-corrected chi connectivity index (χ2v) is 7.37. The highest BCUT2D eigenvalue weighted by molar-refractivity contribution is 7.89. The highest BCUT2D eigenvalue weighted by Gasteiger charge is 2.29. The van der Waals surface area contributed by atoms with Crippen molar-refractivity contribution in [2.75, 3.05) is 39.8 Å². The smallest absolute Gasteiger partial charge is 0.251 e. The molecule has 0 unspecified atom stereocenters. The minimum Gasteiger partial charge on any atom is -0.354 e. The van der Waals surface area contributed by atoms with Gasteiger partial charge >= 0.3 is 0 Å². The lowest BCUT2D eigenvalue weighted by Crippen LogP contribution is -2.49. The molecule has 1 heterocycles. The third kappa shape index (κ3) is 4.53. The van der Waals surface area contributed by atoms with E-state index in [1.807, 2.05) is 7.05 Å². The van der Waals surface area contributed by atoms with Crippen LogP contribution in [-0.2, 0) is 14.8 Å². The first-order valence-electron chi connectivity index (χ1n) is 7.75. The number of carbonyl (C=O) groups excluding carboxylic acids is 2. The summed E-state index contributed by atoms with van der Waals surface area (Å²) in [5.41, 5.74) is 0.280. The molecular formula is C15H22N4O4S. The average molecular weight is 354 g/mol. The van der Waals surface area contributed by atoms with E-state index in [2.05, 4.69) is 16.0 Å². The van der Waals surface area contributed by atoms with Gasteiger partial charge in [-0.1, -0.05) is 6.07 Å². The van der Waals surface area contributed by atoms with Crippen LogP contribution >= 0.6 is 0 Å². The van der Waals surface area contributed by atoms with E-state index < -0.39 is 10.0 Å². The summed E-state index contributed by atoms with van der Waals surface area (Å²) in [6.07, 6.45) is 0.781. The lowest BCUT2D eigenvalue weighted by molar-refractivity contribution is -0.122. The predicted octanol–water partition coefficient (Wildman–Crippen LogP) is -0.854. The number of rotatable bonds is 7. The molecule has 0 spiro atoms. The van der Waals surface area contributed by atoms with Gasteiger partial charge < -0.3 is 16.0 Å². The van der Waals surface area contributed by atoms with Gasteiger partial charge in [0.25, 0.3) is 5.91 Å². The average Bonchev–Trinajstić information content (AvgIpc) is 2.58. The molecule has 8 nitrogen and oxygen atoms in total. The van der Waals surface area contributed by atoms with Crippen molar-refractivity contribution >= 4 is 21.8 Å². The summed E-state index contributed by atoms with van der Waals surface area (Å²) in [6.45, 7) is 1.58. The Hall–Kier alpha value is -1.97. The van der Waals surface area contributed by atoms with Gasteiger partial charge in [-0.25, -0.2) is 8.42 Å². The van der Waals surface area contributed by atoms with Gasteiger partial charge in [0.15, 0.2) is 0 Å². The summed E-state index contributed by atoms with van der Waals surface area (Å²) in [4.78, 5) is 23.5. The van der Waals surface area contributed by atoms with Crippen molar-refractivity contribution < 1.29 is 18.0 Å². The standard InChI is InChI=1S/C15H22N4O4S/c1-16-6-3-7-18-15(21)12-4-2-5-13(10-12)24(22,23)19-9-8-17-14(20)11-19/h2,4-5,10,16H,3,6-9,11H2,1H3,(H,17,20)(H,18,21). The summed E-state index contributed by atoms with van der Waals surface area (Å²) in [5.74, 6) is -0.650. The molecule has 3 N–H and O–H groups in total. The molecule has 1 aliphatic rings. The molecule has 2 rings (SSSR count). The molecule has 1 aliphatic heterocycles. The minimum atomic E-state index is -3.80. The summed E-state index contributed by atoms with van der Waals surface area (Å²) < 4.78 is 26.3. The molecule has 1 aromatic rings. The van der Waals surface area contributed by atoms with Gasteiger partial charge in [-0.2, -0.15) is 4.31 Å². The van der Waals surface area contributed by atoms with Crippen molar-refractivity contribution in [3.8, 4) is 0 Å². The number of nitrogens with zero attached hydrogens (tertiary/aromatic N) is 1. The topological polar surface area (TPSA) is 108 Å². The molecule has 2 amide bonds. The van der Waals surface area contributed by atoms with Gasteiger partial charge in [0.2, 0.25) is 15.9 Å². The van der Waals surface area contributed by atoms with E-state index >= 15 is 0 Å². The Kier molecular flexibility index (Phi) is 6.29. The lowest BCUT2D eigenvalue weighted by atomic mass is 10.2. The summed E-state index contributed by atoms with van der Waals surface area (Å²) in [5, 5.41) is 8.31. The normalized spacial score (nSPS) is 15.8. The monoisotopic (exact) mass is 354 g/mol. The first-order chi connectivity index (χ1) is 11.4. The maximum absolute atomic E-state index is 12.6. The number of nitrogens with one attached hydrogen (secondary N) is 3. The zero-order valence-electron chi connectivity index (χ0n) is 13.5. The molecule has 1 aromatic carbocycles. The van der Waals surface area contributed by atoms with Crippen molar-refractivity contribution in [2.45, 2.75) is 11.3 Å². The highest BCUT2D eigenvalue weighted by Crippen LogP contribution is 2.17. The molecule has 132 valence electrons. The van der Waals surface area contributed by atoms with Crippen molar-refractivity contribution in [1.82, 2.24) is 20.3 Å². The third-order valence-electron chi connectivity index (χ3n) is 3.63. The van der Waals surface area contributed by atoms with E-state index in [1.165, 1.54) is 18.2 Å². The molecule has 0 bridgehead atoms. The maximum Gasteiger partial charge on any atom is 0.251 e. The molecule has 9 heteroatoms. The first kappa shape index (κ1) is 18.4. The largest absolute Gasteiger partial charge is 0.354 e. The van der Waals surface area contributed by atoms with Crippen LogP contribution in [0.25, 0.3) is 0 Å². The van der Waals surface area contributed by atoms with Gasteiger partial charge in [0.05, 0.1) is 11.4 Å². The van der Waals surface area contributed by atoms with Gasteiger partial charge in [0, 0.05) is 25.2 Å². The Bertz CT molecular complexity index is 705. The Morgan fingerprint density at radius 2 is 2.12 bits per heavy atom. The van der Waals surface area contributed by atoms with Crippen molar-refractivity contribution in [1.29, 1.82) is 0 Å². The number of hydrogen-bond acceptors (Lipinski definition) is 5. The quantitative estimate of drug-likeness (QED) is 0.553. The molecule has 0 aliphatic carbocycles. The predicted molar refractivity (Wildman–Crippen MR) is 89.1 cm³/mol. The fourth-order valence-corrected chi connectivity index (χ4v) is 3.78. The van der Waals surface area contributed by atoms with Crippen LogP contribution in [0.1, 0.15) is 16.8 Å². The number of hydrogen-bond donors (Lipinski definition) is 3. The molecule has 0 aromatic heterocycles. The summed E-state index contributed by atoms with van der Waals surface area (Å²) in [7, 11) is -1.97. The van der Waals surface area contributed by atoms with Gasteiger partial charge in [-0.05, 0) is 38.2 Å². The first-order valence-corrected chi connectivity index (χ1v) is 9.19. The molecular weight excluding hydrogens is 332 g/mol. The van der Waals surface area contributed by atoms with Crippen molar-refractivity contribution in [3.63, 3.8) is 0 Å². The molecule has 0 atom stereocenters. The molecule has 1 fully saturated rings. The zero-order valence-corrected chi connectivity index (χ0v) is 14.4. The number of carbonyl (C=O) groups is 2. The van der Waals surface area contributed by atoms with Crippen LogP contribution < -0.4 is 16.0 Å². The van der Waals surface area contributed by atoms with Crippen LogP contribution in [0.3, 0.4) is 0 Å². The van der Waals surface area contributed by atoms with E-state index in [4.69, 9.17) is 0 Å². The Balaban J connectivity index is 2.11. The van der Waals surface area contributed by atoms with E-state index in [0.717, 1.165) is 17.3 Å². The number of piperazine rings is 1. The van der Waals surface area contributed by atoms with Crippen LogP contribution in [0.5, 0.6) is 0 Å². The summed E-state index contributed by atoms with van der Waals surface area (Å²) >= 11 is 0. The molecule has 1 saturated heterocycles. The Morgan fingerprint density at radius 1 is 1.33 bits per heavy atom. The Morgan fingerprint density at radius 3 is 2.83 bits per heavy atom. The van der Waals surface area contributed by atoms with Gasteiger partial charge in [0.1, 0.15) is 0 Å². The number of benzene rings is 1. The van der Waals surface area contributed by atoms with Crippen LogP contribution in [0, 0.1) is 0 Å². The molecule has 0 saturated carbocycles. The van der Waals surface area contributed by atoms with Crippen molar-refractivity contribution in [3.05, 3.63) is 29.8 Å². The number of amides is 2. The van der Waals surface area contributed by atoms with Crippen LogP contribution in [0.15, 0.2) is 29.2 Å². The number of sulfonamides is 1. The minimum absolute atomic E-state index is 0.0140. The third-order valence-corrected chi connectivity index (χ3v) is 5.47. The second-order valence-electron chi connectivity index (χ2n) is 5.43. The summed E-state index contributed by atoms with van der Waals surface area (Å²) in [6, 6.07) is 5.86. The van der Waals surface area contributed by atoms with Crippen LogP contribution in [-0.4, -0.2) is 64.3 Å². The fourth-order valence-electron chi connectivity index (χ4n) is 2.34. The van der Waals surface area contributed by atoms with Crippen LogP contribution in [0.4, 0.5) is 0 Å². The van der Waals surface area contributed by atoms with E-state index in [-0.39, 0.29) is 41.9 Å². The van der Waals surface area contributed by atoms with E-state index in [9.17, 15) is 18.0 Å². The second kappa shape index (κ2) is 8.22. The zero-order chi connectivity index (χ0) is 17.6. The van der Waals surface area contributed by atoms with Crippen LogP contribution in [0.2, 0.25) is 0 Å². The van der Waals surface area contributed by atoms with E-state index in [1.54, 1.807) is 6.07 Å². The van der Waals surface area contributed by atoms with Gasteiger partial charge in [-0.3, -0.25) is 9.59 Å². The van der Waals surface area contributed by atoms with Crippen molar-refractivity contribution in [2.24, 2.45) is 0 Å². The van der Waals surface area contributed by atoms with Gasteiger partial charge in [-0.15, -0.1) is 0 Å². The van der Waals surface area contributed by atoms with E-state index in [0.29, 0.717) is 6.54 Å². The molecule has 24 heavy (non-hydrogen) atoms. The Labute approximate surface area is 141 Å². The maximum atomic E-state index is 12.6.